The van der Waals surface area contributed by atoms with Crippen molar-refractivity contribution < 1.29 is 4.79 Å². The topological polar surface area (TPSA) is 75.6 Å². The Hall–Kier alpha value is -4.75. The Labute approximate surface area is 217 Å². The summed E-state index contributed by atoms with van der Waals surface area (Å²) in [6, 6.07) is 31.6. The number of fused-ring (bicyclic) bond motifs is 1. The molecule has 7 heteroatoms. The SMILES string of the molecule is O=C(NCc1ccccc1)C(=Cc1cn(-c2ccccc2)nc1-c1cccs1)c1nc2ccccc2[nH]1. The van der Waals surface area contributed by atoms with Crippen LogP contribution in [-0.2, 0) is 11.3 Å². The van der Waals surface area contributed by atoms with Crippen molar-refractivity contribution in [2.75, 3.05) is 0 Å². The van der Waals surface area contributed by atoms with Gasteiger partial charge in [0, 0.05) is 18.3 Å². The van der Waals surface area contributed by atoms with Gasteiger partial charge in [0.2, 0.25) is 0 Å². The number of amides is 1. The van der Waals surface area contributed by atoms with E-state index in [0.717, 1.165) is 38.4 Å². The van der Waals surface area contributed by atoms with Crippen LogP contribution in [0.3, 0.4) is 0 Å². The molecule has 0 bridgehead atoms. The summed E-state index contributed by atoms with van der Waals surface area (Å²) in [5.74, 6) is 0.295. The fourth-order valence-electron chi connectivity index (χ4n) is 4.16. The van der Waals surface area contributed by atoms with Gasteiger partial charge in [0.15, 0.2) is 0 Å². The number of rotatable bonds is 7. The molecular formula is C30H23N5OS. The molecule has 0 spiro atoms. The van der Waals surface area contributed by atoms with E-state index < -0.39 is 0 Å². The molecule has 0 fully saturated rings. The Bertz CT molecular complexity index is 1650. The Morgan fingerprint density at radius 2 is 1.68 bits per heavy atom. The number of hydrogen-bond acceptors (Lipinski definition) is 4. The minimum absolute atomic E-state index is 0.215. The summed E-state index contributed by atoms with van der Waals surface area (Å²) in [5, 5.41) is 9.97. The van der Waals surface area contributed by atoms with Crippen LogP contribution in [0.2, 0.25) is 0 Å². The molecule has 6 nitrogen and oxygen atoms in total. The molecule has 0 aliphatic carbocycles. The first-order chi connectivity index (χ1) is 18.2. The number of H-pyrrole nitrogens is 1. The number of hydrogen-bond donors (Lipinski definition) is 2. The van der Waals surface area contributed by atoms with E-state index >= 15 is 0 Å². The van der Waals surface area contributed by atoms with Gasteiger partial charge in [-0.15, -0.1) is 11.3 Å². The molecule has 2 N–H and O–H groups in total. The van der Waals surface area contributed by atoms with Gasteiger partial charge < -0.3 is 10.3 Å². The number of para-hydroxylation sites is 3. The van der Waals surface area contributed by atoms with Gasteiger partial charge in [-0.25, -0.2) is 9.67 Å². The number of thiophene rings is 1. The monoisotopic (exact) mass is 501 g/mol. The van der Waals surface area contributed by atoms with Crippen LogP contribution in [0.25, 0.3) is 38.9 Å². The summed E-state index contributed by atoms with van der Waals surface area (Å²) in [4.78, 5) is 22.7. The number of benzene rings is 3. The van der Waals surface area contributed by atoms with Gasteiger partial charge >= 0.3 is 0 Å². The van der Waals surface area contributed by atoms with Gasteiger partial charge in [-0.1, -0.05) is 66.7 Å². The van der Waals surface area contributed by atoms with E-state index in [2.05, 4.69) is 10.3 Å². The van der Waals surface area contributed by atoms with Crippen molar-refractivity contribution in [1.82, 2.24) is 25.1 Å². The lowest BCUT2D eigenvalue weighted by atomic mass is 10.1. The number of nitrogens with zero attached hydrogens (tertiary/aromatic N) is 3. The maximum atomic E-state index is 13.6. The lowest BCUT2D eigenvalue weighted by Crippen LogP contribution is -2.24. The first kappa shape index (κ1) is 22.7. The molecule has 180 valence electrons. The Balaban J connectivity index is 1.46. The molecule has 6 rings (SSSR count). The van der Waals surface area contributed by atoms with Crippen LogP contribution in [0.5, 0.6) is 0 Å². The molecule has 0 aliphatic heterocycles. The predicted octanol–water partition coefficient (Wildman–Crippen LogP) is 6.33. The summed E-state index contributed by atoms with van der Waals surface area (Å²) in [6.45, 7) is 0.415. The molecule has 0 saturated carbocycles. The van der Waals surface area contributed by atoms with E-state index in [1.807, 2.05) is 119 Å². The maximum absolute atomic E-state index is 13.6. The number of carbonyl (C=O) groups excluding carboxylic acids is 1. The van der Waals surface area contributed by atoms with Crippen LogP contribution in [0, 0.1) is 0 Å². The van der Waals surface area contributed by atoms with Gasteiger partial charge in [0.25, 0.3) is 5.91 Å². The van der Waals surface area contributed by atoms with Crippen molar-refractivity contribution in [3.8, 4) is 16.3 Å². The number of nitrogens with one attached hydrogen (secondary N) is 2. The highest BCUT2D eigenvalue weighted by Gasteiger charge is 2.19. The van der Waals surface area contributed by atoms with Crippen LogP contribution in [-0.4, -0.2) is 25.7 Å². The summed E-state index contributed by atoms with van der Waals surface area (Å²) >= 11 is 1.61. The molecule has 0 radical (unpaired) electrons. The highest BCUT2D eigenvalue weighted by Crippen LogP contribution is 2.31. The van der Waals surface area contributed by atoms with Crippen LogP contribution >= 0.6 is 11.3 Å². The Morgan fingerprint density at radius 3 is 2.43 bits per heavy atom. The van der Waals surface area contributed by atoms with Gasteiger partial charge in [0.1, 0.15) is 11.5 Å². The molecule has 6 aromatic rings. The van der Waals surface area contributed by atoms with E-state index in [1.165, 1.54) is 0 Å². The average molecular weight is 502 g/mol. The summed E-state index contributed by atoms with van der Waals surface area (Å²) in [6.07, 6.45) is 3.83. The number of aromatic nitrogens is 4. The van der Waals surface area contributed by atoms with E-state index in [9.17, 15) is 4.79 Å². The number of aromatic amines is 1. The van der Waals surface area contributed by atoms with E-state index in [4.69, 9.17) is 10.1 Å². The summed E-state index contributed by atoms with van der Waals surface area (Å²) in [5.41, 5.74) is 5.72. The lowest BCUT2D eigenvalue weighted by Gasteiger charge is -2.08. The zero-order valence-corrected chi connectivity index (χ0v) is 20.7. The second-order valence-corrected chi connectivity index (χ2v) is 9.47. The van der Waals surface area contributed by atoms with Crippen molar-refractivity contribution in [2.24, 2.45) is 0 Å². The zero-order valence-electron chi connectivity index (χ0n) is 19.8. The fourth-order valence-corrected chi connectivity index (χ4v) is 4.89. The van der Waals surface area contributed by atoms with Gasteiger partial charge in [0.05, 0.1) is 27.2 Å². The standard InChI is InChI=1S/C30H23N5OS/c36-30(31-19-21-10-3-1-4-11-21)24(29-32-25-14-7-8-15-26(25)33-29)18-22-20-35(23-12-5-2-6-13-23)34-28(22)27-16-9-17-37-27/h1-18,20H,19H2,(H,31,36)(H,32,33). The van der Waals surface area contributed by atoms with E-state index in [-0.39, 0.29) is 5.91 Å². The summed E-state index contributed by atoms with van der Waals surface area (Å²) in [7, 11) is 0. The zero-order chi connectivity index (χ0) is 25.0. The van der Waals surface area contributed by atoms with Gasteiger partial charge in [-0.2, -0.15) is 5.10 Å². The molecule has 0 atom stereocenters. The second-order valence-electron chi connectivity index (χ2n) is 8.52. The molecule has 3 aromatic carbocycles. The normalized spacial score (nSPS) is 11.6. The Kier molecular flexibility index (Phi) is 6.19. The van der Waals surface area contributed by atoms with Crippen LogP contribution in [0.15, 0.2) is 109 Å². The first-order valence-corrected chi connectivity index (χ1v) is 12.8. The fraction of sp³-hybridized carbons (Fsp3) is 0.0333. The average Bonchev–Trinajstić information content (AvgIpc) is 3.71. The third kappa shape index (κ3) is 4.85. The Morgan fingerprint density at radius 1 is 0.919 bits per heavy atom. The van der Waals surface area contributed by atoms with Crippen molar-refractivity contribution in [3.05, 3.63) is 126 Å². The maximum Gasteiger partial charge on any atom is 0.255 e. The van der Waals surface area contributed by atoms with Crippen molar-refractivity contribution in [2.45, 2.75) is 6.54 Å². The summed E-state index contributed by atoms with van der Waals surface area (Å²) < 4.78 is 1.85. The molecular weight excluding hydrogens is 478 g/mol. The van der Waals surface area contributed by atoms with Crippen molar-refractivity contribution in [3.63, 3.8) is 0 Å². The third-order valence-electron chi connectivity index (χ3n) is 6.00. The second kappa shape index (κ2) is 10.1. The predicted molar refractivity (Wildman–Crippen MR) is 149 cm³/mol. The van der Waals surface area contributed by atoms with Crippen LogP contribution in [0.4, 0.5) is 0 Å². The largest absolute Gasteiger partial charge is 0.348 e. The minimum atomic E-state index is -0.215. The van der Waals surface area contributed by atoms with Gasteiger partial charge in [-0.3, -0.25) is 4.79 Å². The molecule has 0 unspecified atom stereocenters. The highest BCUT2D eigenvalue weighted by atomic mass is 32.1. The van der Waals surface area contributed by atoms with Crippen molar-refractivity contribution >= 4 is 39.9 Å². The quantitative estimate of drug-likeness (QED) is 0.251. The third-order valence-corrected chi connectivity index (χ3v) is 6.88. The minimum Gasteiger partial charge on any atom is -0.348 e. The molecule has 3 heterocycles. The van der Waals surface area contributed by atoms with Crippen molar-refractivity contribution in [1.29, 1.82) is 0 Å². The molecule has 3 aromatic heterocycles. The number of carbonyl (C=O) groups is 1. The van der Waals surface area contributed by atoms with Crippen LogP contribution < -0.4 is 5.32 Å². The first-order valence-electron chi connectivity index (χ1n) is 11.9. The molecule has 1 amide bonds. The van der Waals surface area contributed by atoms with Crippen LogP contribution in [0.1, 0.15) is 17.0 Å². The lowest BCUT2D eigenvalue weighted by molar-refractivity contribution is -0.115. The number of imidazole rings is 1. The molecule has 0 saturated heterocycles. The smallest absolute Gasteiger partial charge is 0.255 e. The van der Waals surface area contributed by atoms with E-state index in [0.29, 0.717) is 17.9 Å². The molecule has 37 heavy (non-hydrogen) atoms. The van der Waals surface area contributed by atoms with E-state index in [1.54, 1.807) is 11.3 Å². The highest BCUT2D eigenvalue weighted by molar-refractivity contribution is 7.13. The molecule has 0 aliphatic rings. The van der Waals surface area contributed by atoms with Gasteiger partial charge in [-0.05, 0) is 47.4 Å².